The number of carbonyl (C=O) groups excluding carboxylic acids is 1. The lowest BCUT2D eigenvalue weighted by molar-refractivity contribution is -0.137. The highest BCUT2D eigenvalue weighted by atomic mass is 35.5. The lowest BCUT2D eigenvalue weighted by Gasteiger charge is -2.18. The number of hydrogen-bond acceptors (Lipinski definition) is 5. The number of alkyl halides is 3. The molecule has 0 spiro atoms. The van der Waals surface area contributed by atoms with Gasteiger partial charge in [-0.1, -0.05) is 28.9 Å². The third-order valence-electron chi connectivity index (χ3n) is 4.95. The van der Waals surface area contributed by atoms with Crippen LogP contribution in [0.25, 0.3) is 11.4 Å². The van der Waals surface area contributed by atoms with E-state index in [2.05, 4.69) is 15.5 Å². The van der Waals surface area contributed by atoms with Crippen LogP contribution in [-0.4, -0.2) is 34.0 Å². The molecule has 2 aromatic carbocycles. The van der Waals surface area contributed by atoms with Crippen LogP contribution in [0.2, 0.25) is 5.02 Å². The average Bonchev–Trinajstić information content (AvgIpc) is 3.44. The number of carbonyl (C=O) groups is 1. The summed E-state index contributed by atoms with van der Waals surface area (Å²) in [5.74, 6) is 0.112. The Balaban J connectivity index is 1.50. The van der Waals surface area contributed by atoms with Crippen LogP contribution in [0.15, 0.2) is 47.0 Å². The van der Waals surface area contributed by atoms with Gasteiger partial charge in [0.15, 0.2) is 0 Å². The number of benzene rings is 2. The fourth-order valence-corrected chi connectivity index (χ4v) is 3.56. The highest BCUT2D eigenvalue weighted by Gasteiger charge is 2.30. The van der Waals surface area contributed by atoms with Crippen molar-refractivity contribution in [2.45, 2.75) is 25.6 Å². The van der Waals surface area contributed by atoms with Gasteiger partial charge in [-0.05, 0) is 43.2 Å². The molecule has 3 aromatic rings. The van der Waals surface area contributed by atoms with E-state index in [0.29, 0.717) is 29.4 Å². The van der Waals surface area contributed by atoms with Crippen LogP contribution < -0.4 is 5.32 Å². The van der Waals surface area contributed by atoms with Crippen molar-refractivity contribution in [2.24, 2.45) is 0 Å². The van der Waals surface area contributed by atoms with Gasteiger partial charge < -0.3 is 14.7 Å². The van der Waals surface area contributed by atoms with Crippen LogP contribution in [0, 0.1) is 0 Å². The Labute approximate surface area is 181 Å². The number of halogens is 4. The highest BCUT2D eigenvalue weighted by molar-refractivity contribution is 6.31. The maximum Gasteiger partial charge on any atom is 0.416 e. The summed E-state index contributed by atoms with van der Waals surface area (Å²) in [6.07, 6.45) is -2.51. The Morgan fingerprint density at radius 1 is 1.16 bits per heavy atom. The van der Waals surface area contributed by atoms with Gasteiger partial charge in [0.2, 0.25) is 11.7 Å². The van der Waals surface area contributed by atoms with Gasteiger partial charge in [0.25, 0.3) is 5.91 Å². The molecule has 1 aliphatic heterocycles. The van der Waals surface area contributed by atoms with E-state index in [1.54, 1.807) is 23.1 Å². The summed E-state index contributed by atoms with van der Waals surface area (Å²) in [6.45, 7) is 1.50. The van der Waals surface area contributed by atoms with Gasteiger partial charge >= 0.3 is 6.18 Å². The molecule has 1 aromatic heterocycles. The van der Waals surface area contributed by atoms with Crippen LogP contribution in [-0.2, 0) is 12.7 Å². The van der Waals surface area contributed by atoms with E-state index < -0.39 is 11.7 Å². The lowest BCUT2D eigenvalue weighted by atomic mass is 10.1. The van der Waals surface area contributed by atoms with Crippen molar-refractivity contribution in [1.29, 1.82) is 0 Å². The molecule has 0 bridgehead atoms. The Kier molecular flexibility index (Phi) is 5.86. The number of nitrogens with one attached hydrogen (secondary N) is 1. The van der Waals surface area contributed by atoms with E-state index in [1.807, 2.05) is 0 Å². The molecule has 0 atom stereocenters. The second kappa shape index (κ2) is 8.58. The predicted molar refractivity (Wildman–Crippen MR) is 109 cm³/mol. The molecule has 1 amide bonds. The minimum absolute atomic E-state index is 0.0439. The quantitative estimate of drug-likeness (QED) is 0.574. The molecule has 0 saturated carbocycles. The van der Waals surface area contributed by atoms with Crippen LogP contribution in [0.4, 0.5) is 18.9 Å². The molecular formula is C21H18ClF3N4O2. The minimum Gasteiger partial charge on any atom is -0.375 e. The summed E-state index contributed by atoms with van der Waals surface area (Å²) >= 11 is 6.09. The molecule has 0 aliphatic carbocycles. The number of anilines is 1. The molecule has 10 heteroatoms. The van der Waals surface area contributed by atoms with Crippen molar-refractivity contribution in [3.63, 3.8) is 0 Å². The fourth-order valence-electron chi connectivity index (χ4n) is 3.39. The zero-order chi connectivity index (χ0) is 22.0. The van der Waals surface area contributed by atoms with E-state index in [0.717, 1.165) is 25.0 Å². The first-order chi connectivity index (χ1) is 14.8. The third kappa shape index (κ3) is 4.82. The molecule has 6 nitrogen and oxygen atoms in total. The Hall–Kier alpha value is -3.07. The lowest BCUT2D eigenvalue weighted by Crippen LogP contribution is -2.28. The van der Waals surface area contributed by atoms with E-state index >= 15 is 0 Å². The molecule has 162 valence electrons. The molecule has 1 saturated heterocycles. The van der Waals surface area contributed by atoms with Gasteiger partial charge in [0.05, 0.1) is 17.7 Å². The minimum atomic E-state index is -4.46. The summed E-state index contributed by atoms with van der Waals surface area (Å²) in [5.41, 5.74) is 0.392. The van der Waals surface area contributed by atoms with Crippen LogP contribution in [0.5, 0.6) is 0 Å². The number of nitrogens with zero attached hydrogens (tertiary/aromatic N) is 3. The van der Waals surface area contributed by atoms with Crippen molar-refractivity contribution >= 4 is 23.2 Å². The number of hydrogen-bond donors (Lipinski definition) is 1. The number of aromatic nitrogens is 2. The normalized spacial score (nSPS) is 14.1. The van der Waals surface area contributed by atoms with Gasteiger partial charge in [-0.2, -0.15) is 18.2 Å². The smallest absolute Gasteiger partial charge is 0.375 e. The van der Waals surface area contributed by atoms with Gasteiger partial charge in [0, 0.05) is 29.4 Å². The zero-order valence-electron chi connectivity index (χ0n) is 16.2. The standard InChI is InChI=1S/C21H18ClF3N4O2/c22-15-6-7-16(20(30)29-8-1-2-9-29)17(11-15)26-12-18-27-19(28-31-18)13-4-3-5-14(10-13)21(23,24)25/h3-7,10-11,26H,1-2,8-9,12H2. The summed E-state index contributed by atoms with van der Waals surface area (Å²) in [4.78, 5) is 18.7. The molecule has 1 N–H and O–H groups in total. The Morgan fingerprint density at radius 3 is 2.68 bits per heavy atom. The molecule has 0 unspecified atom stereocenters. The van der Waals surface area contributed by atoms with Crippen molar-refractivity contribution in [3.05, 3.63) is 64.5 Å². The fraction of sp³-hybridized carbons (Fsp3) is 0.286. The van der Waals surface area contributed by atoms with Crippen molar-refractivity contribution in [1.82, 2.24) is 15.0 Å². The SMILES string of the molecule is O=C(c1ccc(Cl)cc1NCc1nc(-c2cccc(C(F)(F)F)c2)no1)N1CCCC1. The largest absolute Gasteiger partial charge is 0.416 e. The molecule has 0 radical (unpaired) electrons. The highest BCUT2D eigenvalue weighted by Crippen LogP contribution is 2.31. The third-order valence-corrected chi connectivity index (χ3v) is 5.19. The number of rotatable bonds is 5. The molecule has 1 aliphatic rings. The van der Waals surface area contributed by atoms with Gasteiger partial charge in [0.1, 0.15) is 0 Å². The van der Waals surface area contributed by atoms with Crippen LogP contribution in [0.1, 0.15) is 34.7 Å². The molecule has 31 heavy (non-hydrogen) atoms. The summed E-state index contributed by atoms with van der Waals surface area (Å²) in [5, 5.41) is 7.29. The Bertz CT molecular complexity index is 1090. The maximum atomic E-state index is 12.9. The molecule has 2 heterocycles. The van der Waals surface area contributed by atoms with Crippen molar-refractivity contribution < 1.29 is 22.5 Å². The van der Waals surface area contributed by atoms with Gasteiger partial charge in [-0.3, -0.25) is 4.79 Å². The number of amides is 1. The first-order valence-corrected chi connectivity index (χ1v) is 10.0. The zero-order valence-corrected chi connectivity index (χ0v) is 17.0. The second-order valence-electron chi connectivity index (χ2n) is 7.13. The van der Waals surface area contributed by atoms with Crippen molar-refractivity contribution in [3.8, 4) is 11.4 Å². The van der Waals surface area contributed by atoms with Gasteiger partial charge in [-0.15, -0.1) is 0 Å². The maximum absolute atomic E-state index is 12.9. The van der Waals surface area contributed by atoms with E-state index in [4.69, 9.17) is 16.1 Å². The molecular weight excluding hydrogens is 433 g/mol. The second-order valence-corrected chi connectivity index (χ2v) is 7.57. The van der Waals surface area contributed by atoms with Crippen molar-refractivity contribution in [2.75, 3.05) is 18.4 Å². The van der Waals surface area contributed by atoms with E-state index in [-0.39, 0.29) is 29.7 Å². The van der Waals surface area contributed by atoms with E-state index in [1.165, 1.54) is 12.1 Å². The molecule has 1 fully saturated rings. The molecule has 4 rings (SSSR count). The summed E-state index contributed by atoms with van der Waals surface area (Å²) in [6, 6.07) is 9.64. The monoisotopic (exact) mass is 450 g/mol. The van der Waals surface area contributed by atoms with Gasteiger partial charge in [-0.25, -0.2) is 0 Å². The van der Waals surface area contributed by atoms with Crippen LogP contribution >= 0.6 is 11.6 Å². The number of likely N-dealkylation sites (tertiary alicyclic amines) is 1. The summed E-state index contributed by atoms with van der Waals surface area (Å²) in [7, 11) is 0. The first kappa shape index (κ1) is 21.2. The average molecular weight is 451 g/mol. The topological polar surface area (TPSA) is 71.3 Å². The Morgan fingerprint density at radius 2 is 1.94 bits per heavy atom. The predicted octanol–water partition coefficient (Wildman–Crippen LogP) is 5.26. The van der Waals surface area contributed by atoms with E-state index in [9.17, 15) is 18.0 Å². The van der Waals surface area contributed by atoms with Crippen LogP contribution in [0.3, 0.4) is 0 Å². The summed E-state index contributed by atoms with van der Waals surface area (Å²) < 4.78 is 44.0. The first-order valence-electron chi connectivity index (χ1n) is 9.64.